The van der Waals surface area contributed by atoms with Crippen LogP contribution in [0.4, 0.5) is 10.2 Å². The molecule has 2 aromatic rings. The van der Waals surface area contributed by atoms with Crippen molar-refractivity contribution >= 4 is 11.7 Å². The Morgan fingerprint density at radius 3 is 2.72 bits per heavy atom. The number of hydrogen-bond acceptors (Lipinski definition) is 6. The Balaban J connectivity index is 1.76. The van der Waals surface area contributed by atoms with E-state index in [4.69, 9.17) is 9.72 Å². The number of ether oxygens (including phenoxy) is 1. The van der Waals surface area contributed by atoms with E-state index in [1.807, 2.05) is 32.0 Å². The van der Waals surface area contributed by atoms with Crippen molar-refractivity contribution in [1.29, 1.82) is 0 Å². The molecule has 0 saturated carbocycles. The van der Waals surface area contributed by atoms with Gasteiger partial charge in [-0.1, -0.05) is 0 Å². The first-order chi connectivity index (χ1) is 13.8. The number of amides is 1. The maximum Gasteiger partial charge on any atom is 0.280 e. The summed E-state index contributed by atoms with van der Waals surface area (Å²) in [5, 5.41) is 2.63. The van der Waals surface area contributed by atoms with E-state index in [1.165, 1.54) is 0 Å². The van der Waals surface area contributed by atoms with Crippen LogP contribution in [-0.4, -0.2) is 52.7 Å². The molecule has 1 fully saturated rings. The summed E-state index contributed by atoms with van der Waals surface area (Å²) < 4.78 is 19.7. The van der Waals surface area contributed by atoms with Gasteiger partial charge in [0.1, 0.15) is 11.4 Å². The molecule has 0 aromatic carbocycles. The Bertz CT molecular complexity index is 915. The Labute approximate surface area is 170 Å². The Kier molecular flexibility index (Phi) is 6.22. The van der Waals surface area contributed by atoms with Crippen molar-refractivity contribution in [2.45, 2.75) is 33.3 Å². The average molecular weight is 399 g/mol. The molecule has 1 aliphatic heterocycles. The number of nitrogens with one attached hydrogen (secondary N) is 1. The van der Waals surface area contributed by atoms with Gasteiger partial charge in [-0.25, -0.2) is 14.4 Å². The number of aromatic nitrogens is 3. The number of allylic oxidation sites excluding steroid dienone is 1. The minimum Gasteiger partial charge on any atom is -0.370 e. The second-order valence-corrected chi connectivity index (χ2v) is 7.64. The van der Waals surface area contributed by atoms with Crippen LogP contribution in [0, 0.1) is 6.92 Å². The van der Waals surface area contributed by atoms with Crippen LogP contribution in [0.3, 0.4) is 0 Å². The minimum absolute atomic E-state index is 0.199. The number of carbonyl (C=O) groups excluding carboxylic acids is 1. The third-order valence-electron chi connectivity index (χ3n) is 4.70. The Morgan fingerprint density at radius 1 is 1.31 bits per heavy atom. The van der Waals surface area contributed by atoms with Crippen molar-refractivity contribution < 1.29 is 13.9 Å². The number of pyridine rings is 1. The van der Waals surface area contributed by atoms with Crippen molar-refractivity contribution in [3.05, 3.63) is 47.7 Å². The van der Waals surface area contributed by atoms with Gasteiger partial charge in [-0.3, -0.25) is 9.78 Å². The average Bonchev–Trinajstić information content (AvgIpc) is 2.71. The lowest BCUT2D eigenvalue weighted by molar-refractivity contribution is -0.121. The number of nitrogens with zero attached hydrogens (tertiary/aromatic N) is 4. The van der Waals surface area contributed by atoms with Crippen molar-refractivity contribution in [2.24, 2.45) is 0 Å². The van der Waals surface area contributed by atoms with E-state index in [0.29, 0.717) is 31.1 Å². The molecule has 1 atom stereocenters. The molecule has 0 bridgehead atoms. The quantitative estimate of drug-likeness (QED) is 0.779. The standard InChI is InChI=1S/C21H26FN5O2/c1-14(2)18(22)20(28)24-12-21(4)13-27(9-10-29-21)17-11-15(3)25-19(26-17)16-5-7-23-8-6-16/h5-8,11H,9-10,12-13H2,1-4H3,(H,24,28). The van der Waals surface area contributed by atoms with Gasteiger partial charge in [0.25, 0.3) is 5.91 Å². The van der Waals surface area contributed by atoms with Gasteiger partial charge in [0.15, 0.2) is 11.7 Å². The fourth-order valence-corrected chi connectivity index (χ4v) is 3.15. The number of morpholine rings is 1. The molecular formula is C21H26FN5O2. The molecule has 0 radical (unpaired) electrons. The molecule has 1 amide bonds. The van der Waals surface area contributed by atoms with Crippen LogP contribution in [0.2, 0.25) is 0 Å². The van der Waals surface area contributed by atoms with E-state index >= 15 is 0 Å². The summed E-state index contributed by atoms with van der Waals surface area (Å²) in [4.78, 5) is 27.3. The van der Waals surface area contributed by atoms with Crippen LogP contribution in [-0.2, 0) is 9.53 Å². The molecule has 154 valence electrons. The third-order valence-corrected chi connectivity index (χ3v) is 4.70. The van der Waals surface area contributed by atoms with E-state index in [0.717, 1.165) is 17.1 Å². The van der Waals surface area contributed by atoms with Gasteiger partial charge in [0.2, 0.25) is 0 Å². The van der Waals surface area contributed by atoms with E-state index < -0.39 is 17.3 Å². The fraction of sp³-hybridized carbons (Fsp3) is 0.429. The largest absolute Gasteiger partial charge is 0.370 e. The third kappa shape index (κ3) is 5.14. The van der Waals surface area contributed by atoms with E-state index in [1.54, 1.807) is 26.2 Å². The lowest BCUT2D eigenvalue weighted by Gasteiger charge is -2.41. The number of halogens is 1. The van der Waals surface area contributed by atoms with Gasteiger partial charge >= 0.3 is 0 Å². The van der Waals surface area contributed by atoms with E-state index in [-0.39, 0.29) is 6.54 Å². The number of aryl methyl sites for hydroxylation is 1. The zero-order chi connectivity index (χ0) is 21.0. The number of rotatable bonds is 5. The van der Waals surface area contributed by atoms with Gasteiger partial charge in [0, 0.05) is 49.4 Å². The topological polar surface area (TPSA) is 80.2 Å². The molecule has 1 N–H and O–H groups in total. The summed E-state index contributed by atoms with van der Waals surface area (Å²) >= 11 is 0. The SMILES string of the molecule is CC(C)=C(F)C(=O)NCC1(C)CN(c2cc(C)nc(-c3ccncc3)n2)CCO1. The Hall–Kier alpha value is -2.87. The molecule has 8 heteroatoms. The van der Waals surface area contributed by atoms with Crippen LogP contribution in [0.25, 0.3) is 11.4 Å². The Morgan fingerprint density at radius 2 is 2.03 bits per heavy atom. The van der Waals surface area contributed by atoms with Crippen molar-refractivity contribution in [3.8, 4) is 11.4 Å². The predicted molar refractivity (Wildman–Crippen MR) is 109 cm³/mol. The first-order valence-electron chi connectivity index (χ1n) is 9.53. The van der Waals surface area contributed by atoms with Gasteiger partial charge in [-0.05, 0) is 45.4 Å². The molecular weight excluding hydrogens is 373 g/mol. The summed E-state index contributed by atoms with van der Waals surface area (Å²) in [5.74, 6) is -0.0466. The van der Waals surface area contributed by atoms with Crippen LogP contribution in [0.5, 0.6) is 0 Å². The van der Waals surface area contributed by atoms with Crippen molar-refractivity contribution in [2.75, 3.05) is 31.1 Å². The molecule has 3 heterocycles. The number of anilines is 1. The monoisotopic (exact) mass is 399 g/mol. The molecule has 0 aliphatic carbocycles. The van der Waals surface area contributed by atoms with Crippen LogP contribution >= 0.6 is 0 Å². The first kappa shape index (κ1) is 20.9. The molecule has 1 saturated heterocycles. The highest BCUT2D eigenvalue weighted by Gasteiger charge is 2.33. The van der Waals surface area contributed by atoms with Crippen LogP contribution < -0.4 is 10.2 Å². The zero-order valence-corrected chi connectivity index (χ0v) is 17.2. The summed E-state index contributed by atoms with van der Waals surface area (Å²) in [6.07, 6.45) is 3.42. The lowest BCUT2D eigenvalue weighted by Crippen LogP contribution is -2.56. The lowest BCUT2D eigenvalue weighted by atomic mass is 10.0. The van der Waals surface area contributed by atoms with Gasteiger partial charge in [-0.2, -0.15) is 0 Å². The maximum atomic E-state index is 13.8. The van der Waals surface area contributed by atoms with E-state index in [2.05, 4.69) is 20.2 Å². The van der Waals surface area contributed by atoms with Gasteiger partial charge < -0.3 is 15.0 Å². The maximum absolute atomic E-state index is 13.8. The van der Waals surface area contributed by atoms with Gasteiger partial charge in [-0.15, -0.1) is 0 Å². The molecule has 0 spiro atoms. The predicted octanol–water partition coefficient (Wildman–Crippen LogP) is 2.82. The van der Waals surface area contributed by atoms with E-state index in [9.17, 15) is 9.18 Å². The zero-order valence-electron chi connectivity index (χ0n) is 17.2. The van der Waals surface area contributed by atoms with Crippen molar-refractivity contribution in [1.82, 2.24) is 20.3 Å². The molecule has 3 rings (SSSR count). The minimum atomic E-state index is -0.755. The number of carbonyl (C=O) groups is 1. The highest BCUT2D eigenvalue weighted by Crippen LogP contribution is 2.25. The highest BCUT2D eigenvalue weighted by atomic mass is 19.1. The van der Waals surface area contributed by atoms with Crippen LogP contribution in [0.15, 0.2) is 42.0 Å². The molecule has 1 aliphatic rings. The second-order valence-electron chi connectivity index (χ2n) is 7.64. The summed E-state index contributed by atoms with van der Waals surface area (Å²) in [5.41, 5.74) is 1.43. The number of hydrogen-bond donors (Lipinski definition) is 1. The van der Waals surface area contributed by atoms with Crippen molar-refractivity contribution in [3.63, 3.8) is 0 Å². The smallest absolute Gasteiger partial charge is 0.280 e. The molecule has 7 nitrogen and oxygen atoms in total. The normalized spacial score (nSPS) is 19.0. The fourth-order valence-electron chi connectivity index (χ4n) is 3.15. The van der Waals surface area contributed by atoms with Crippen LogP contribution in [0.1, 0.15) is 26.5 Å². The molecule has 2 aromatic heterocycles. The summed E-state index contributed by atoms with van der Waals surface area (Å²) in [6.45, 7) is 8.81. The first-order valence-corrected chi connectivity index (χ1v) is 9.53. The molecule has 29 heavy (non-hydrogen) atoms. The summed E-state index contributed by atoms with van der Waals surface area (Å²) in [6, 6.07) is 5.67. The highest BCUT2D eigenvalue weighted by molar-refractivity contribution is 5.91. The summed E-state index contributed by atoms with van der Waals surface area (Å²) in [7, 11) is 0. The second kappa shape index (κ2) is 8.65. The van der Waals surface area contributed by atoms with Gasteiger partial charge in [0.05, 0.1) is 6.61 Å². The molecule has 1 unspecified atom stereocenters.